The number of benzene rings is 1. The number of para-hydroxylation sites is 2. The number of hydrogen-bond donors (Lipinski definition) is 2. The summed E-state index contributed by atoms with van der Waals surface area (Å²) >= 11 is 1.38. The SMILES string of the molecule is COCCCNC(=O)CN1CCN(C(=O)c2csc(Nc3ccccc3OC)n2)CC1. The van der Waals surface area contributed by atoms with Gasteiger partial charge in [-0.3, -0.25) is 14.5 Å². The first-order valence-electron chi connectivity index (χ1n) is 10.2. The highest BCUT2D eigenvalue weighted by Crippen LogP contribution is 2.28. The summed E-state index contributed by atoms with van der Waals surface area (Å²) in [6.07, 6.45) is 0.798. The predicted octanol–water partition coefficient (Wildman–Crippen LogP) is 1.81. The summed E-state index contributed by atoms with van der Waals surface area (Å²) in [5, 5.41) is 8.50. The summed E-state index contributed by atoms with van der Waals surface area (Å²) < 4.78 is 10.3. The molecule has 1 aliphatic rings. The van der Waals surface area contributed by atoms with E-state index in [-0.39, 0.29) is 11.8 Å². The van der Waals surface area contributed by atoms with E-state index in [9.17, 15) is 9.59 Å². The standard InChI is InChI=1S/C21H29N5O4S/c1-29-13-5-8-22-19(27)14-25-9-11-26(12-10-25)20(28)17-15-31-21(24-17)23-16-6-3-4-7-18(16)30-2/h3-4,6-7,15H,5,8-14H2,1-2H3,(H,22,27)(H,23,24). The van der Waals surface area contributed by atoms with Crippen LogP contribution in [0.1, 0.15) is 16.9 Å². The molecule has 0 radical (unpaired) electrons. The first-order chi connectivity index (χ1) is 15.1. The molecule has 1 aromatic carbocycles. The number of hydrogen-bond acceptors (Lipinski definition) is 8. The monoisotopic (exact) mass is 447 g/mol. The maximum absolute atomic E-state index is 12.8. The fourth-order valence-corrected chi connectivity index (χ4v) is 3.96. The van der Waals surface area contributed by atoms with Gasteiger partial charge in [0.15, 0.2) is 5.13 Å². The van der Waals surface area contributed by atoms with Crippen molar-refractivity contribution in [1.29, 1.82) is 0 Å². The number of nitrogens with zero attached hydrogens (tertiary/aromatic N) is 3. The Hall–Kier alpha value is -2.69. The van der Waals surface area contributed by atoms with Gasteiger partial charge in [0.25, 0.3) is 5.91 Å². The maximum atomic E-state index is 12.8. The number of anilines is 2. The van der Waals surface area contributed by atoms with Crippen molar-refractivity contribution < 1.29 is 19.1 Å². The Bertz CT molecular complexity index is 867. The van der Waals surface area contributed by atoms with Crippen LogP contribution in [0, 0.1) is 0 Å². The highest BCUT2D eigenvalue weighted by molar-refractivity contribution is 7.14. The van der Waals surface area contributed by atoms with Crippen LogP contribution < -0.4 is 15.4 Å². The molecule has 0 saturated carbocycles. The van der Waals surface area contributed by atoms with Crippen LogP contribution in [-0.4, -0.2) is 86.7 Å². The van der Waals surface area contributed by atoms with Gasteiger partial charge in [-0.2, -0.15) is 0 Å². The highest BCUT2D eigenvalue weighted by atomic mass is 32.1. The molecule has 1 aliphatic heterocycles. The second-order valence-corrected chi connectivity index (χ2v) is 7.99. The zero-order valence-electron chi connectivity index (χ0n) is 17.9. The van der Waals surface area contributed by atoms with Crippen molar-refractivity contribution in [2.75, 3.05) is 65.4 Å². The molecule has 10 heteroatoms. The van der Waals surface area contributed by atoms with E-state index in [4.69, 9.17) is 9.47 Å². The van der Waals surface area contributed by atoms with Gasteiger partial charge in [0.2, 0.25) is 5.91 Å². The highest BCUT2D eigenvalue weighted by Gasteiger charge is 2.25. The topological polar surface area (TPSA) is 96.0 Å². The Morgan fingerprint density at radius 1 is 1.16 bits per heavy atom. The molecular weight excluding hydrogens is 418 g/mol. The van der Waals surface area contributed by atoms with Crippen molar-refractivity contribution in [1.82, 2.24) is 20.1 Å². The van der Waals surface area contributed by atoms with Crippen molar-refractivity contribution in [3.8, 4) is 5.75 Å². The third-order valence-corrected chi connectivity index (χ3v) is 5.70. The molecule has 2 amide bonds. The molecule has 1 aromatic heterocycles. The molecule has 0 unspecified atom stereocenters. The molecule has 2 heterocycles. The van der Waals surface area contributed by atoms with Crippen LogP contribution in [0.5, 0.6) is 5.75 Å². The van der Waals surface area contributed by atoms with E-state index in [1.165, 1.54) is 11.3 Å². The van der Waals surface area contributed by atoms with Crippen molar-refractivity contribution in [2.45, 2.75) is 6.42 Å². The van der Waals surface area contributed by atoms with E-state index in [0.717, 1.165) is 12.1 Å². The summed E-state index contributed by atoms with van der Waals surface area (Å²) in [7, 11) is 3.26. The van der Waals surface area contributed by atoms with Gasteiger partial charge in [0.05, 0.1) is 19.3 Å². The number of ether oxygens (including phenoxy) is 2. The van der Waals surface area contributed by atoms with E-state index in [1.54, 1.807) is 24.5 Å². The van der Waals surface area contributed by atoms with Gasteiger partial charge in [0, 0.05) is 51.8 Å². The van der Waals surface area contributed by atoms with E-state index >= 15 is 0 Å². The van der Waals surface area contributed by atoms with Crippen LogP contribution in [0.25, 0.3) is 0 Å². The molecule has 1 fully saturated rings. The Morgan fingerprint density at radius 3 is 2.68 bits per heavy atom. The third kappa shape index (κ3) is 6.65. The van der Waals surface area contributed by atoms with Crippen molar-refractivity contribution in [2.24, 2.45) is 0 Å². The number of nitrogens with one attached hydrogen (secondary N) is 2. The summed E-state index contributed by atoms with van der Waals surface area (Å²) in [5.41, 5.74) is 1.22. The summed E-state index contributed by atoms with van der Waals surface area (Å²) in [5.74, 6) is 0.625. The minimum absolute atomic E-state index is 0.00226. The number of thiazole rings is 1. The number of methoxy groups -OCH3 is 2. The van der Waals surface area contributed by atoms with Gasteiger partial charge in [-0.1, -0.05) is 12.1 Å². The lowest BCUT2D eigenvalue weighted by Crippen LogP contribution is -2.51. The van der Waals surface area contributed by atoms with E-state index in [2.05, 4.69) is 20.5 Å². The molecule has 3 rings (SSSR count). The van der Waals surface area contributed by atoms with Crippen molar-refractivity contribution in [3.63, 3.8) is 0 Å². The van der Waals surface area contributed by atoms with Gasteiger partial charge in [-0.15, -0.1) is 11.3 Å². The van der Waals surface area contributed by atoms with E-state index in [1.807, 2.05) is 24.3 Å². The van der Waals surface area contributed by atoms with Gasteiger partial charge in [-0.05, 0) is 18.6 Å². The Morgan fingerprint density at radius 2 is 1.94 bits per heavy atom. The summed E-state index contributed by atoms with van der Waals surface area (Å²) in [6.45, 7) is 4.05. The Balaban J connectivity index is 1.46. The molecule has 0 bridgehead atoms. The predicted molar refractivity (Wildman–Crippen MR) is 120 cm³/mol. The molecular formula is C21H29N5O4S. The molecule has 0 aliphatic carbocycles. The van der Waals surface area contributed by atoms with Crippen LogP contribution in [0.15, 0.2) is 29.6 Å². The second-order valence-electron chi connectivity index (χ2n) is 7.13. The molecule has 2 aromatic rings. The largest absolute Gasteiger partial charge is 0.495 e. The van der Waals surface area contributed by atoms with Crippen LogP contribution in [-0.2, 0) is 9.53 Å². The van der Waals surface area contributed by atoms with Crippen molar-refractivity contribution >= 4 is 34.0 Å². The van der Waals surface area contributed by atoms with E-state index < -0.39 is 0 Å². The smallest absolute Gasteiger partial charge is 0.273 e. The minimum atomic E-state index is -0.0898. The molecule has 0 atom stereocenters. The number of aromatic nitrogens is 1. The maximum Gasteiger partial charge on any atom is 0.273 e. The second kappa shape index (κ2) is 11.6. The van der Waals surface area contributed by atoms with Crippen LogP contribution >= 0.6 is 11.3 Å². The van der Waals surface area contributed by atoms with E-state index in [0.29, 0.717) is 62.5 Å². The Kier molecular flexibility index (Phi) is 8.63. The van der Waals surface area contributed by atoms with Gasteiger partial charge >= 0.3 is 0 Å². The lowest BCUT2D eigenvalue weighted by Gasteiger charge is -2.33. The quantitative estimate of drug-likeness (QED) is 0.536. The molecule has 1 saturated heterocycles. The fourth-order valence-electron chi connectivity index (χ4n) is 3.27. The van der Waals surface area contributed by atoms with Gasteiger partial charge in [-0.25, -0.2) is 4.98 Å². The molecule has 0 spiro atoms. The first-order valence-corrected chi connectivity index (χ1v) is 11.1. The summed E-state index contributed by atoms with van der Waals surface area (Å²) in [4.78, 5) is 33.1. The van der Waals surface area contributed by atoms with Crippen LogP contribution in [0.4, 0.5) is 10.8 Å². The number of rotatable bonds is 10. The zero-order chi connectivity index (χ0) is 22.1. The minimum Gasteiger partial charge on any atom is -0.495 e. The van der Waals surface area contributed by atoms with Gasteiger partial charge < -0.3 is 25.0 Å². The number of carbonyl (C=O) groups excluding carboxylic acids is 2. The lowest BCUT2D eigenvalue weighted by molar-refractivity contribution is -0.122. The van der Waals surface area contributed by atoms with Crippen LogP contribution in [0.3, 0.4) is 0 Å². The molecule has 31 heavy (non-hydrogen) atoms. The molecule has 9 nitrogen and oxygen atoms in total. The lowest BCUT2D eigenvalue weighted by atomic mass is 10.3. The molecule has 2 N–H and O–H groups in total. The number of piperazine rings is 1. The number of amides is 2. The third-order valence-electron chi connectivity index (χ3n) is 4.95. The van der Waals surface area contributed by atoms with Gasteiger partial charge in [0.1, 0.15) is 11.4 Å². The van der Waals surface area contributed by atoms with Crippen molar-refractivity contribution in [3.05, 3.63) is 35.3 Å². The Labute approximate surface area is 186 Å². The van der Waals surface area contributed by atoms with Crippen LogP contribution in [0.2, 0.25) is 0 Å². The fraction of sp³-hybridized carbons (Fsp3) is 0.476. The average molecular weight is 448 g/mol. The molecule has 168 valence electrons. The summed E-state index contributed by atoms with van der Waals surface area (Å²) in [6, 6.07) is 7.56. The average Bonchev–Trinajstić information content (AvgIpc) is 3.25. The first kappa shape index (κ1) is 23.0. The zero-order valence-corrected chi connectivity index (χ0v) is 18.7. The number of carbonyl (C=O) groups is 2. The normalized spacial score (nSPS) is 14.3.